The monoisotopic (exact) mass is 376 g/mol. The first kappa shape index (κ1) is 16.3. The van der Waals surface area contributed by atoms with Gasteiger partial charge in [-0.15, -0.1) is 23.1 Å². The molecule has 1 saturated heterocycles. The van der Waals surface area contributed by atoms with Gasteiger partial charge in [-0.25, -0.2) is 0 Å². The van der Waals surface area contributed by atoms with E-state index in [0.717, 1.165) is 30.0 Å². The summed E-state index contributed by atoms with van der Waals surface area (Å²) >= 11 is 7.00. The lowest BCUT2D eigenvalue weighted by molar-refractivity contribution is -0.128. The number of piperidine rings is 1. The number of halogens is 1. The van der Waals surface area contributed by atoms with Crippen molar-refractivity contribution in [1.29, 1.82) is 0 Å². The summed E-state index contributed by atoms with van der Waals surface area (Å²) in [5.41, 5.74) is 0. The number of thiophene rings is 1. The minimum Gasteiger partial charge on any atom is -0.337 e. The summed E-state index contributed by atoms with van der Waals surface area (Å²) in [6.45, 7) is 5.74. The van der Waals surface area contributed by atoms with Gasteiger partial charge in [-0.3, -0.25) is 4.79 Å². The average Bonchev–Trinajstić information content (AvgIpc) is 2.88. The van der Waals surface area contributed by atoms with Gasteiger partial charge in [0, 0.05) is 16.7 Å². The summed E-state index contributed by atoms with van der Waals surface area (Å²) in [4.78, 5) is 15.5. The highest BCUT2D eigenvalue weighted by molar-refractivity contribution is 9.11. The van der Waals surface area contributed by atoms with E-state index in [2.05, 4.69) is 34.2 Å². The van der Waals surface area contributed by atoms with Crippen LogP contribution in [0.25, 0.3) is 0 Å². The maximum atomic E-state index is 12.3. The number of nitrogens with zero attached hydrogens (tertiary/aromatic N) is 1. The minimum absolute atomic E-state index is 0.264. The Morgan fingerprint density at radius 2 is 2.25 bits per heavy atom. The van der Waals surface area contributed by atoms with Crippen LogP contribution in [0.5, 0.6) is 0 Å². The Morgan fingerprint density at radius 3 is 2.85 bits per heavy atom. The molecule has 0 unspecified atom stereocenters. The van der Waals surface area contributed by atoms with Crippen LogP contribution in [-0.2, 0) is 11.3 Å². The lowest BCUT2D eigenvalue weighted by Gasteiger charge is -2.24. The van der Waals surface area contributed by atoms with Gasteiger partial charge >= 0.3 is 0 Å². The van der Waals surface area contributed by atoms with Crippen LogP contribution in [0.1, 0.15) is 24.6 Å². The third-order valence-corrected chi connectivity index (χ3v) is 6.40. The molecule has 0 spiro atoms. The number of hydrogen-bond donors (Lipinski definition) is 1. The molecule has 2 rings (SSSR count). The Labute approximate surface area is 137 Å². The molecule has 0 atom stereocenters. The topological polar surface area (TPSA) is 32.3 Å². The Balaban J connectivity index is 1.79. The summed E-state index contributed by atoms with van der Waals surface area (Å²) in [6, 6.07) is 4.13. The number of carbonyl (C=O) groups is 1. The van der Waals surface area contributed by atoms with Crippen LogP contribution in [0.15, 0.2) is 15.9 Å². The molecule has 1 amide bonds. The smallest absolute Gasteiger partial charge is 0.232 e. The standard InChI is InChI=1S/C14H21BrN2OS2/c1-2-17(9-12-3-4-13(15)20-12)14(18)10-19-11-5-7-16-8-6-11/h3-4,11,16H,2,5-10H2,1H3. The van der Waals surface area contributed by atoms with Crippen molar-refractivity contribution in [2.75, 3.05) is 25.4 Å². The van der Waals surface area contributed by atoms with Gasteiger partial charge in [0.1, 0.15) is 0 Å². The Hall–Kier alpha value is -0.0400. The van der Waals surface area contributed by atoms with E-state index in [1.807, 2.05) is 22.7 Å². The van der Waals surface area contributed by atoms with E-state index in [-0.39, 0.29) is 5.91 Å². The molecule has 0 saturated carbocycles. The summed E-state index contributed by atoms with van der Waals surface area (Å²) in [5, 5.41) is 4.01. The zero-order chi connectivity index (χ0) is 14.4. The van der Waals surface area contributed by atoms with Gasteiger partial charge in [-0.2, -0.15) is 0 Å². The van der Waals surface area contributed by atoms with Crippen molar-refractivity contribution in [2.45, 2.75) is 31.6 Å². The van der Waals surface area contributed by atoms with Gasteiger partial charge < -0.3 is 10.2 Å². The Morgan fingerprint density at radius 1 is 1.50 bits per heavy atom. The summed E-state index contributed by atoms with van der Waals surface area (Å²) in [6.07, 6.45) is 2.36. The molecule has 2 heterocycles. The molecule has 20 heavy (non-hydrogen) atoms. The van der Waals surface area contributed by atoms with Crippen LogP contribution in [0.4, 0.5) is 0 Å². The molecule has 1 aromatic rings. The van der Waals surface area contributed by atoms with E-state index >= 15 is 0 Å². The molecular weight excluding hydrogens is 356 g/mol. The Bertz CT molecular complexity index is 433. The van der Waals surface area contributed by atoms with E-state index < -0.39 is 0 Å². The van der Waals surface area contributed by atoms with Gasteiger partial charge in [-0.05, 0) is 60.9 Å². The zero-order valence-corrected chi connectivity index (χ0v) is 15.0. The fraction of sp³-hybridized carbons (Fsp3) is 0.643. The molecule has 1 N–H and O–H groups in total. The average molecular weight is 377 g/mol. The highest BCUT2D eigenvalue weighted by atomic mass is 79.9. The fourth-order valence-electron chi connectivity index (χ4n) is 2.24. The van der Waals surface area contributed by atoms with Crippen LogP contribution < -0.4 is 5.32 Å². The Kier molecular flexibility index (Phi) is 6.87. The maximum Gasteiger partial charge on any atom is 0.232 e. The minimum atomic E-state index is 0.264. The maximum absolute atomic E-state index is 12.3. The number of nitrogens with one attached hydrogen (secondary N) is 1. The van der Waals surface area contributed by atoms with Gasteiger partial charge in [0.15, 0.2) is 0 Å². The lowest BCUT2D eigenvalue weighted by Crippen LogP contribution is -2.33. The second kappa shape index (κ2) is 8.41. The number of carbonyl (C=O) groups excluding carboxylic acids is 1. The van der Waals surface area contributed by atoms with Crippen molar-refractivity contribution >= 4 is 44.9 Å². The first-order valence-electron chi connectivity index (χ1n) is 7.03. The van der Waals surface area contributed by atoms with Crippen LogP contribution >= 0.6 is 39.0 Å². The van der Waals surface area contributed by atoms with Crippen LogP contribution in [-0.4, -0.2) is 41.4 Å². The van der Waals surface area contributed by atoms with E-state index in [1.54, 1.807) is 11.3 Å². The SMILES string of the molecule is CCN(Cc1ccc(Br)s1)C(=O)CSC1CCNCC1. The molecule has 0 aliphatic carbocycles. The highest BCUT2D eigenvalue weighted by Crippen LogP contribution is 2.24. The molecular formula is C14H21BrN2OS2. The van der Waals surface area contributed by atoms with E-state index in [4.69, 9.17) is 0 Å². The first-order valence-corrected chi connectivity index (χ1v) is 9.69. The van der Waals surface area contributed by atoms with Crippen LogP contribution in [0.3, 0.4) is 0 Å². The quantitative estimate of drug-likeness (QED) is 0.825. The second-order valence-electron chi connectivity index (χ2n) is 4.87. The molecule has 112 valence electrons. The van der Waals surface area contributed by atoms with Crippen molar-refractivity contribution in [3.05, 3.63) is 20.8 Å². The van der Waals surface area contributed by atoms with Crippen molar-refractivity contribution in [1.82, 2.24) is 10.2 Å². The molecule has 1 aliphatic rings. The lowest BCUT2D eigenvalue weighted by atomic mass is 10.2. The molecule has 3 nitrogen and oxygen atoms in total. The van der Waals surface area contributed by atoms with Crippen LogP contribution in [0.2, 0.25) is 0 Å². The van der Waals surface area contributed by atoms with Crippen molar-refractivity contribution in [3.8, 4) is 0 Å². The van der Waals surface area contributed by atoms with Gasteiger partial charge in [0.2, 0.25) is 5.91 Å². The molecule has 1 aromatic heterocycles. The molecule has 1 aliphatic heterocycles. The number of amides is 1. The largest absolute Gasteiger partial charge is 0.337 e. The number of rotatable bonds is 6. The molecule has 0 bridgehead atoms. The zero-order valence-electron chi connectivity index (χ0n) is 11.7. The van der Waals surface area contributed by atoms with Crippen molar-refractivity contribution < 1.29 is 4.79 Å². The third kappa shape index (κ3) is 5.06. The van der Waals surface area contributed by atoms with Crippen LogP contribution in [0, 0.1) is 0 Å². The summed E-state index contributed by atoms with van der Waals surface area (Å²) in [7, 11) is 0. The second-order valence-corrected chi connectivity index (χ2v) is 8.71. The highest BCUT2D eigenvalue weighted by Gasteiger charge is 2.18. The van der Waals surface area contributed by atoms with Crippen molar-refractivity contribution in [3.63, 3.8) is 0 Å². The summed E-state index contributed by atoms with van der Waals surface area (Å²) in [5.74, 6) is 0.881. The third-order valence-electron chi connectivity index (χ3n) is 3.44. The molecule has 0 aromatic carbocycles. The van der Waals surface area contributed by atoms with Gasteiger partial charge in [0.05, 0.1) is 16.1 Å². The molecule has 0 radical (unpaired) electrons. The summed E-state index contributed by atoms with van der Waals surface area (Å²) < 4.78 is 1.13. The first-order chi connectivity index (χ1) is 9.69. The molecule has 1 fully saturated rings. The van der Waals surface area contributed by atoms with Crippen molar-refractivity contribution in [2.24, 2.45) is 0 Å². The predicted octanol–water partition coefficient (Wildman–Crippen LogP) is 3.34. The van der Waals surface area contributed by atoms with E-state index in [1.165, 1.54) is 17.7 Å². The normalized spacial score (nSPS) is 16.3. The number of hydrogen-bond acceptors (Lipinski definition) is 4. The van der Waals surface area contributed by atoms with Gasteiger partial charge in [-0.1, -0.05) is 0 Å². The number of thioether (sulfide) groups is 1. The van der Waals surface area contributed by atoms with E-state index in [9.17, 15) is 4.79 Å². The fourth-order valence-corrected chi connectivity index (χ4v) is 4.87. The van der Waals surface area contributed by atoms with Gasteiger partial charge in [0.25, 0.3) is 0 Å². The predicted molar refractivity (Wildman–Crippen MR) is 91.5 cm³/mol. The molecule has 6 heteroatoms. The van der Waals surface area contributed by atoms with E-state index in [0.29, 0.717) is 11.0 Å².